The summed E-state index contributed by atoms with van der Waals surface area (Å²) in [6.45, 7) is 7.24. The Morgan fingerprint density at radius 2 is 1.95 bits per heavy atom. The minimum absolute atomic E-state index is 0.188. The van der Waals surface area contributed by atoms with Gasteiger partial charge in [0.2, 0.25) is 5.91 Å². The quantitative estimate of drug-likeness (QED) is 0.513. The maximum absolute atomic E-state index is 13.2. The van der Waals surface area contributed by atoms with Gasteiger partial charge in [0.15, 0.2) is 0 Å². The third-order valence-corrected chi connectivity index (χ3v) is 8.46. The van der Waals surface area contributed by atoms with E-state index in [4.69, 9.17) is 4.98 Å². The number of hydrogen-bond donors (Lipinski definition) is 1. The lowest BCUT2D eigenvalue weighted by Crippen LogP contribution is -2.49. The molecule has 2 aromatic heterocycles. The molecule has 3 heterocycles. The van der Waals surface area contributed by atoms with Crippen LogP contribution >= 0.6 is 0 Å². The van der Waals surface area contributed by atoms with E-state index >= 15 is 0 Å². The van der Waals surface area contributed by atoms with E-state index in [-0.39, 0.29) is 17.9 Å². The van der Waals surface area contributed by atoms with Gasteiger partial charge in [0.1, 0.15) is 5.65 Å². The molecule has 37 heavy (non-hydrogen) atoms. The number of aryl methyl sites for hydroxylation is 2. The minimum Gasteiger partial charge on any atom is -0.339 e. The number of carbonyl (C=O) groups is 2. The van der Waals surface area contributed by atoms with Crippen LogP contribution in [0.3, 0.4) is 0 Å². The number of nitriles is 1. The molecule has 7 heteroatoms. The summed E-state index contributed by atoms with van der Waals surface area (Å²) < 4.78 is 2.06. The van der Waals surface area contributed by atoms with E-state index in [1.807, 2.05) is 14.0 Å². The van der Waals surface area contributed by atoms with E-state index in [2.05, 4.69) is 40.9 Å². The zero-order chi connectivity index (χ0) is 26.3. The zero-order valence-electron chi connectivity index (χ0n) is 22.1. The van der Waals surface area contributed by atoms with Gasteiger partial charge in [-0.1, -0.05) is 25.8 Å². The first-order valence-corrected chi connectivity index (χ1v) is 13.3. The Balaban J connectivity index is 1.43. The van der Waals surface area contributed by atoms with Crippen molar-refractivity contribution in [3.8, 4) is 6.07 Å². The largest absolute Gasteiger partial charge is 0.339 e. The molecule has 192 valence electrons. The molecule has 5 rings (SSSR count). The predicted molar refractivity (Wildman–Crippen MR) is 144 cm³/mol. The summed E-state index contributed by atoms with van der Waals surface area (Å²) in [5.74, 6) is 0.898. The van der Waals surface area contributed by atoms with Gasteiger partial charge in [-0.15, -0.1) is 0 Å². The predicted octanol–water partition coefficient (Wildman–Crippen LogP) is 5.54. The first kappa shape index (κ1) is 25.0. The van der Waals surface area contributed by atoms with Gasteiger partial charge in [0.05, 0.1) is 23.5 Å². The fourth-order valence-electron chi connectivity index (χ4n) is 6.36. The summed E-state index contributed by atoms with van der Waals surface area (Å²) in [4.78, 5) is 33.0. The smallest absolute Gasteiger partial charge is 0.255 e. The SMILES string of the molecule is Cc1c(NC(=O)c2cccc(C#N)c2)cnc2c1c([C@H]1CC(C)N(C(=O)C3CCCC3)C[C@H]1C)cn2C. The van der Waals surface area contributed by atoms with E-state index in [1.54, 1.807) is 30.5 Å². The number of aromatic nitrogens is 2. The molecule has 1 aliphatic carbocycles. The van der Waals surface area contributed by atoms with Crippen molar-refractivity contribution in [3.05, 3.63) is 58.9 Å². The summed E-state index contributed by atoms with van der Waals surface area (Å²) in [5, 5.41) is 13.3. The average Bonchev–Trinajstić information content (AvgIpc) is 3.55. The minimum atomic E-state index is -0.264. The van der Waals surface area contributed by atoms with E-state index in [9.17, 15) is 14.9 Å². The second-order valence-corrected chi connectivity index (χ2v) is 11.0. The number of hydrogen-bond acceptors (Lipinski definition) is 4. The number of carbonyl (C=O) groups excluding carboxylic acids is 2. The van der Waals surface area contributed by atoms with Gasteiger partial charge in [-0.25, -0.2) is 4.98 Å². The van der Waals surface area contributed by atoms with Gasteiger partial charge < -0.3 is 14.8 Å². The Morgan fingerprint density at radius 3 is 2.68 bits per heavy atom. The highest BCUT2D eigenvalue weighted by Gasteiger charge is 2.38. The topological polar surface area (TPSA) is 91.0 Å². The molecule has 7 nitrogen and oxygen atoms in total. The molecule has 3 aromatic rings. The lowest BCUT2D eigenvalue weighted by molar-refractivity contribution is -0.140. The van der Waals surface area contributed by atoms with Gasteiger partial charge in [0, 0.05) is 42.7 Å². The van der Waals surface area contributed by atoms with Crippen molar-refractivity contribution >= 4 is 28.5 Å². The lowest BCUT2D eigenvalue weighted by Gasteiger charge is -2.43. The number of anilines is 1. The molecule has 3 atom stereocenters. The highest BCUT2D eigenvalue weighted by Crippen LogP contribution is 2.42. The molecule has 0 spiro atoms. The molecule has 0 bridgehead atoms. The molecule has 2 aliphatic rings. The highest BCUT2D eigenvalue weighted by molar-refractivity contribution is 6.06. The molecule has 2 fully saturated rings. The number of likely N-dealkylation sites (tertiary alicyclic amines) is 1. The fraction of sp³-hybridized carbons (Fsp3) is 0.467. The molecular formula is C30H35N5O2. The van der Waals surface area contributed by atoms with Crippen molar-refractivity contribution in [1.29, 1.82) is 5.26 Å². The Labute approximate surface area is 218 Å². The molecule has 1 aromatic carbocycles. The summed E-state index contributed by atoms with van der Waals surface area (Å²) in [5.41, 5.74) is 4.66. The van der Waals surface area contributed by atoms with Crippen molar-refractivity contribution in [2.24, 2.45) is 18.9 Å². The first-order chi connectivity index (χ1) is 17.8. The number of nitrogens with one attached hydrogen (secondary N) is 1. The maximum Gasteiger partial charge on any atom is 0.255 e. The van der Waals surface area contributed by atoms with Gasteiger partial charge in [-0.2, -0.15) is 5.26 Å². The molecule has 0 radical (unpaired) electrons. The monoisotopic (exact) mass is 497 g/mol. The van der Waals surface area contributed by atoms with Gasteiger partial charge in [0.25, 0.3) is 5.91 Å². The van der Waals surface area contributed by atoms with Crippen LogP contribution in [0.4, 0.5) is 5.69 Å². The number of fused-ring (bicyclic) bond motifs is 1. The van der Waals surface area contributed by atoms with Crippen LogP contribution in [0.15, 0.2) is 36.7 Å². The Kier molecular flexibility index (Phi) is 6.76. The van der Waals surface area contributed by atoms with Gasteiger partial charge in [-0.3, -0.25) is 9.59 Å². The number of amides is 2. The summed E-state index contributed by atoms with van der Waals surface area (Å²) in [6.07, 6.45) is 9.20. The third-order valence-electron chi connectivity index (χ3n) is 8.46. The third kappa shape index (κ3) is 4.61. The van der Waals surface area contributed by atoms with Crippen molar-refractivity contribution in [2.45, 2.75) is 64.8 Å². The van der Waals surface area contributed by atoms with Crippen molar-refractivity contribution in [3.63, 3.8) is 0 Å². The van der Waals surface area contributed by atoms with Crippen LogP contribution in [0.5, 0.6) is 0 Å². The van der Waals surface area contributed by atoms with E-state index in [0.717, 1.165) is 42.4 Å². The van der Waals surface area contributed by atoms with Crippen LogP contribution in [0.25, 0.3) is 11.0 Å². The van der Waals surface area contributed by atoms with Crippen LogP contribution in [0, 0.1) is 30.1 Å². The Bertz CT molecular complexity index is 1390. The maximum atomic E-state index is 13.2. The molecule has 1 aliphatic heterocycles. The summed E-state index contributed by atoms with van der Waals surface area (Å²) in [6, 6.07) is 8.96. The second-order valence-electron chi connectivity index (χ2n) is 11.0. The normalized spacial score (nSPS) is 22.2. The van der Waals surface area contributed by atoms with E-state index in [1.165, 1.54) is 18.4 Å². The van der Waals surface area contributed by atoms with E-state index in [0.29, 0.717) is 34.6 Å². The average molecular weight is 498 g/mol. The molecular weight excluding hydrogens is 462 g/mol. The molecule has 1 N–H and O–H groups in total. The van der Waals surface area contributed by atoms with Gasteiger partial charge in [-0.05, 0) is 74.3 Å². The van der Waals surface area contributed by atoms with Crippen molar-refractivity contribution in [1.82, 2.24) is 14.5 Å². The molecule has 1 unspecified atom stereocenters. The zero-order valence-corrected chi connectivity index (χ0v) is 22.1. The van der Waals surface area contributed by atoms with Gasteiger partial charge >= 0.3 is 0 Å². The van der Waals surface area contributed by atoms with E-state index < -0.39 is 0 Å². The standard InChI is InChI=1S/C30H35N5O2/c1-18-16-35(30(37)22-9-5-6-10-22)19(2)12-24(18)25-17-34(4)28-27(25)20(3)26(15-32-28)33-29(36)23-11-7-8-21(13-23)14-31/h7-8,11,13,15,17-19,22,24H,5-6,9-10,12,16H2,1-4H3,(H,33,36)/t18-,19?,24+/m1/s1. The molecule has 2 amide bonds. The number of piperidine rings is 1. The number of benzene rings is 1. The molecule has 1 saturated carbocycles. The van der Waals surface area contributed by atoms with Crippen LogP contribution in [0.2, 0.25) is 0 Å². The number of nitrogens with zero attached hydrogens (tertiary/aromatic N) is 4. The van der Waals surface area contributed by atoms with Crippen LogP contribution in [-0.4, -0.2) is 38.9 Å². The Hall–Kier alpha value is -3.66. The molecule has 1 saturated heterocycles. The fourth-order valence-corrected chi connectivity index (χ4v) is 6.36. The summed E-state index contributed by atoms with van der Waals surface area (Å²) >= 11 is 0. The summed E-state index contributed by atoms with van der Waals surface area (Å²) in [7, 11) is 2.01. The number of rotatable bonds is 4. The highest BCUT2D eigenvalue weighted by atomic mass is 16.2. The van der Waals surface area contributed by atoms with Crippen LogP contribution < -0.4 is 5.32 Å². The first-order valence-electron chi connectivity index (χ1n) is 13.3. The number of pyridine rings is 1. The van der Waals surface area contributed by atoms with Crippen molar-refractivity contribution < 1.29 is 9.59 Å². The Morgan fingerprint density at radius 1 is 1.19 bits per heavy atom. The van der Waals surface area contributed by atoms with Crippen LogP contribution in [-0.2, 0) is 11.8 Å². The van der Waals surface area contributed by atoms with Crippen molar-refractivity contribution in [2.75, 3.05) is 11.9 Å². The lowest BCUT2D eigenvalue weighted by atomic mass is 9.78. The van der Waals surface area contributed by atoms with Crippen LogP contribution in [0.1, 0.15) is 78.9 Å². The second kappa shape index (κ2) is 10.0.